The van der Waals surface area contributed by atoms with Crippen LogP contribution in [0, 0.1) is 0 Å². The van der Waals surface area contributed by atoms with Crippen molar-refractivity contribution in [1.82, 2.24) is 4.90 Å². The summed E-state index contributed by atoms with van der Waals surface area (Å²) in [5.74, 6) is 1.01. The standard InChI is InChI=1S/C14H16N2O4/c15-10-2-4-13(17)16(14(10)18)6-5-9-1-3-11-12(7-9)20-8-19-11/h1,3,7,10H,2,4-6,8,15H2. The molecule has 1 aromatic rings. The number of likely N-dealkylation sites (tertiary alicyclic amines) is 1. The Hall–Kier alpha value is -2.08. The maximum absolute atomic E-state index is 11.9. The number of imide groups is 1. The molecular weight excluding hydrogens is 260 g/mol. The second-order valence-corrected chi connectivity index (χ2v) is 4.97. The average Bonchev–Trinajstić information content (AvgIpc) is 2.90. The summed E-state index contributed by atoms with van der Waals surface area (Å²) in [6.45, 7) is 0.585. The van der Waals surface area contributed by atoms with Gasteiger partial charge in [0.1, 0.15) is 0 Å². The van der Waals surface area contributed by atoms with E-state index in [2.05, 4.69) is 0 Å². The third-order valence-corrected chi connectivity index (χ3v) is 3.61. The summed E-state index contributed by atoms with van der Waals surface area (Å²) < 4.78 is 10.5. The predicted octanol–water partition coefficient (Wildman–Crippen LogP) is 0.434. The Bertz CT molecular complexity index is 558. The molecule has 0 aliphatic carbocycles. The van der Waals surface area contributed by atoms with Gasteiger partial charge in [-0.25, -0.2) is 0 Å². The predicted molar refractivity (Wildman–Crippen MR) is 70.2 cm³/mol. The molecule has 1 unspecified atom stereocenters. The monoisotopic (exact) mass is 276 g/mol. The third kappa shape index (κ3) is 2.34. The van der Waals surface area contributed by atoms with Crippen LogP contribution in [0.15, 0.2) is 18.2 Å². The van der Waals surface area contributed by atoms with Crippen molar-refractivity contribution in [1.29, 1.82) is 0 Å². The van der Waals surface area contributed by atoms with Gasteiger partial charge in [0, 0.05) is 13.0 Å². The molecule has 6 nitrogen and oxygen atoms in total. The fraction of sp³-hybridized carbons (Fsp3) is 0.429. The molecule has 0 aromatic heterocycles. The molecule has 1 fully saturated rings. The van der Waals surface area contributed by atoms with Crippen LogP contribution in [0.2, 0.25) is 0 Å². The third-order valence-electron chi connectivity index (χ3n) is 3.61. The molecule has 2 aliphatic heterocycles. The van der Waals surface area contributed by atoms with Gasteiger partial charge >= 0.3 is 0 Å². The first-order valence-electron chi connectivity index (χ1n) is 6.63. The minimum Gasteiger partial charge on any atom is -0.454 e. The molecule has 2 N–H and O–H groups in total. The number of carbonyl (C=O) groups is 2. The summed E-state index contributed by atoms with van der Waals surface area (Å²) in [6.07, 6.45) is 1.37. The highest BCUT2D eigenvalue weighted by atomic mass is 16.7. The van der Waals surface area contributed by atoms with E-state index in [4.69, 9.17) is 15.2 Å². The molecule has 2 aliphatic rings. The summed E-state index contributed by atoms with van der Waals surface area (Å²) in [5, 5.41) is 0. The van der Waals surface area contributed by atoms with Gasteiger partial charge in [-0.3, -0.25) is 14.5 Å². The van der Waals surface area contributed by atoms with Crippen molar-refractivity contribution in [2.45, 2.75) is 25.3 Å². The zero-order chi connectivity index (χ0) is 14.1. The van der Waals surface area contributed by atoms with Gasteiger partial charge in [0.15, 0.2) is 11.5 Å². The Morgan fingerprint density at radius 2 is 2.05 bits per heavy atom. The molecule has 1 atom stereocenters. The van der Waals surface area contributed by atoms with Gasteiger partial charge in [-0.15, -0.1) is 0 Å². The lowest BCUT2D eigenvalue weighted by atomic mass is 10.0. The summed E-state index contributed by atoms with van der Waals surface area (Å²) in [6, 6.07) is 5.07. The Balaban J connectivity index is 1.66. The molecule has 106 valence electrons. The van der Waals surface area contributed by atoms with Crippen LogP contribution >= 0.6 is 0 Å². The lowest BCUT2D eigenvalue weighted by molar-refractivity contribution is -0.149. The number of nitrogens with two attached hydrogens (primary N) is 1. The van der Waals surface area contributed by atoms with E-state index in [1.807, 2.05) is 18.2 Å². The van der Waals surface area contributed by atoms with Crippen molar-refractivity contribution in [2.75, 3.05) is 13.3 Å². The summed E-state index contributed by atoms with van der Waals surface area (Å²) in [4.78, 5) is 24.9. The highest BCUT2D eigenvalue weighted by Crippen LogP contribution is 2.32. The Morgan fingerprint density at radius 3 is 2.90 bits per heavy atom. The van der Waals surface area contributed by atoms with Crippen LogP contribution in [0.25, 0.3) is 0 Å². The van der Waals surface area contributed by atoms with Crippen molar-refractivity contribution < 1.29 is 19.1 Å². The number of carbonyl (C=O) groups excluding carboxylic acids is 2. The number of hydrogen-bond acceptors (Lipinski definition) is 5. The minimum absolute atomic E-state index is 0.141. The molecule has 0 radical (unpaired) electrons. The van der Waals surface area contributed by atoms with Gasteiger partial charge < -0.3 is 15.2 Å². The molecular formula is C14H16N2O4. The molecule has 2 amide bonds. The van der Waals surface area contributed by atoms with Gasteiger partial charge in [0.2, 0.25) is 18.6 Å². The second-order valence-electron chi connectivity index (χ2n) is 4.97. The maximum Gasteiger partial charge on any atom is 0.246 e. The zero-order valence-corrected chi connectivity index (χ0v) is 11.0. The molecule has 0 saturated carbocycles. The minimum atomic E-state index is -0.551. The van der Waals surface area contributed by atoms with Gasteiger partial charge in [0.05, 0.1) is 6.04 Å². The van der Waals surface area contributed by atoms with E-state index in [-0.39, 0.29) is 18.6 Å². The summed E-state index contributed by atoms with van der Waals surface area (Å²) in [7, 11) is 0. The molecule has 0 spiro atoms. The van der Waals surface area contributed by atoms with Crippen LogP contribution in [0.5, 0.6) is 11.5 Å². The van der Waals surface area contributed by atoms with Gasteiger partial charge in [-0.1, -0.05) is 6.07 Å². The van der Waals surface area contributed by atoms with Crippen LogP contribution < -0.4 is 15.2 Å². The molecule has 1 saturated heterocycles. The fourth-order valence-electron chi connectivity index (χ4n) is 2.43. The number of ether oxygens (including phenoxy) is 2. The van der Waals surface area contributed by atoms with Gasteiger partial charge in [0.25, 0.3) is 0 Å². The molecule has 20 heavy (non-hydrogen) atoms. The van der Waals surface area contributed by atoms with E-state index in [1.54, 1.807) is 0 Å². The van der Waals surface area contributed by atoms with Crippen molar-refractivity contribution in [3.8, 4) is 11.5 Å². The zero-order valence-electron chi connectivity index (χ0n) is 11.0. The average molecular weight is 276 g/mol. The number of fused-ring (bicyclic) bond motifs is 1. The van der Waals surface area contributed by atoms with E-state index in [9.17, 15) is 9.59 Å². The topological polar surface area (TPSA) is 81.9 Å². The largest absolute Gasteiger partial charge is 0.454 e. The summed E-state index contributed by atoms with van der Waals surface area (Å²) in [5.41, 5.74) is 6.69. The van der Waals surface area contributed by atoms with Crippen molar-refractivity contribution in [3.05, 3.63) is 23.8 Å². The van der Waals surface area contributed by atoms with Crippen molar-refractivity contribution in [2.24, 2.45) is 5.73 Å². The first-order chi connectivity index (χ1) is 9.65. The number of piperidine rings is 1. The normalized spacial score (nSPS) is 21.4. The lowest BCUT2D eigenvalue weighted by Gasteiger charge is -2.28. The Labute approximate surface area is 116 Å². The van der Waals surface area contributed by atoms with Crippen LogP contribution in [0.1, 0.15) is 18.4 Å². The molecule has 0 bridgehead atoms. The number of benzene rings is 1. The summed E-state index contributed by atoms with van der Waals surface area (Å²) >= 11 is 0. The Morgan fingerprint density at radius 1 is 1.25 bits per heavy atom. The van der Waals surface area contributed by atoms with E-state index in [0.29, 0.717) is 31.6 Å². The molecule has 2 heterocycles. The first-order valence-corrected chi connectivity index (χ1v) is 6.63. The van der Waals surface area contributed by atoms with E-state index in [1.165, 1.54) is 4.90 Å². The number of hydrogen-bond donors (Lipinski definition) is 1. The van der Waals surface area contributed by atoms with E-state index < -0.39 is 6.04 Å². The fourth-order valence-corrected chi connectivity index (χ4v) is 2.43. The SMILES string of the molecule is NC1CCC(=O)N(CCc2ccc3c(c2)OCO3)C1=O. The van der Waals surface area contributed by atoms with E-state index in [0.717, 1.165) is 11.3 Å². The smallest absolute Gasteiger partial charge is 0.246 e. The quantitative estimate of drug-likeness (QED) is 0.810. The van der Waals surface area contributed by atoms with Crippen LogP contribution in [-0.2, 0) is 16.0 Å². The van der Waals surface area contributed by atoms with Crippen LogP contribution in [0.4, 0.5) is 0 Å². The second kappa shape index (κ2) is 5.13. The van der Waals surface area contributed by atoms with Gasteiger partial charge in [-0.2, -0.15) is 0 Å². The lowest BCUT2D eigenvalue weighted by Crippen LogP contribution is -2.51. The molecule has 1 aromatic carbocycles. The van der Waals surface area contributed by atoms with Crippen molar-refractivity contribution in [3.63, 3.8) is 0 Å². The number of amides is 2. The van der Waals surface area contributed by atoms with Crippen molar-refractivity contribution >= 4 is 11.8 Å². The first kappa shape index (κ1) is 12.9. The van der Waals surface area contributed by atoms with E-state index >= 15 is 0 Å². The van der Waals surface area contributed by atoms with Crippen LogP contribution in [0.3, 0.4) is 0 Å². The molecule has 3 rings (SSSR count). The maximum atomic E-state index is 11.9. The highest BCUT2D eigenvalue weighted by Gasteiger charge is 2.31. The van der Waals surface area contributed by atoms with Crippen LogP contribution in [-0.4, -0.2) is 36.1 Å². The molecule has 6 heteroatoms. The van der Waals surface area contributed by atoms with Gasteiger partial charge in [-0.05, 0) is 30.5 Å². The highest BCUT2D eigenvalue weighted by molar-refractivity contribution is 6.00. The number of nitrogens with zero attached hydrogens (tertiary/aromatic N) is 1. The Kier molecular flexibility index (Phi) is 3.31. The number of rotatable bonds is 3.